The molecule has 0 bridgehead atoms. The van der Waals surface area contributed by atoms with E-state index in [0.717, 1.165) is 49.2 Å². The van der Waals surface area contributed by atoms with Crippen molar-refractivity contribution in [2.45, 2.75) is 52.0 Å². The Morgan fingerprint density at radius 3 is 2.23 bits per heavy atom. The van der Waals surface area contributed by atoms with Gasteiger partial charge in [-0.25, -0.2) is 0 Å². The number of Topliss-reactive ketones (excluding diaryl/α,β-unsaturated/α-hetero) is 1. The predicted molar refractivity (Wildman–Crippen MR) is 155 cm³/mol. The Kier molecular flexibility index (Phi) is 8.01. The van der Waals surface area contributed by atoms with Crippen LogP contribution in [0.1, 0.15) is 61.8 Å². The highest BCUT2D eigenvalue weighted by Gasteiger charge is 2.47. The lowest BCUT2D eigenvalue weighted by atomic mass is 9.92. The zero-order chi connectivity index (χ0) is 27.4. The first-order chi connectivity index (χ1) is 19.0. The number of rotatable bonds is 9. The number of ether oxygens (including phenoxy) is 1. The molecule has 6 heteroatoms. The number of nitrogens with zero attached hydrogens (tertiary/aromatic N) is 2. The van der Waals surface area contributed by atoms with Gasteiger partial charge in [0.25, 0.3) is 11.7 Å². The van der Waals surface area contributed by atoms with Crippen molar-refractivity contribution in [1.29, 1.82) is 0 Å². The molecule has 5 rings (SSSR count). The molecule has 202 valence electrons. The van der Waals surface area contributed by atoms with Crippen molar-refractivity contribution in [3.63, 3.8) is 0 Å². The Hall–Kier alpha value is -4.06. The Labute approximate surface area is 230 Å². The third kappa shape index (κ3) is 5.42. The first-order valence-electron chi connectivity index (χ1n) is 13.9. The third-order valence-electron chi connectivity index (χ3n) is 7.67. The van der Waals surface area contributed by atoms with Crippen LogP contribution in [0.15, 0.2) is 78.4 Å². The fourth-order valence-corrected chi connectivity index (χ4v) is 5.49. The lowest BCUT2D eigenvalue weighted by Crippen LogP contribution is -2.29. The van der Waals surface area contributed by atoms with E-state index >= 15 is 0 Å². The molecule has 6 nitrogen and oxygen atoms in total. The number of anilines is 2. The average Bonchev–Trinajstić information content (AvgIpc) is 3.59. The van der Waals surface area contributed by atoms with Crippen LogP contribution in [0.4, 0.5) is 11.4 Å². The van der Waals surface area contributed by atoms with Crippen LogP contribution in [0.2, 0.25) is 0 Å². The van der Waals surface area contributed by atoms with Gasteiger partial charge in [-0.1, -0.05) is 44.0 Å². The number of ketones is 1. The van der Waals surface area contributed by atoms with Crippen LogP contribution >= 0.6 is 0 Å². The summed E-state index contributed by atoms with van der Waals surface area (Å²) < 4.78 is 5.80. The Morgan fingerprint density at radius 1 is 0.897 bits per heavy atom. The number of aryl methyl sites for hydroxylation is 1. The average molecular weight is 525 g/mol. The largest absolute Gasteiger partial charge is 0.507 e. The zero-order valence-electron chi connectivity index (χ0n) is 22.7. The monoisotopic (exact) mass is 524 g/mol. The van der Waals surface area contributed by atoms with Gasteiger partial charge in [-0.05, 0) is 85.8 Å². The van der Waals surface area contributed by atoms with Crippen molar-refractivity contribution in [2.75, 3.05) is 29.5 Å². The van der Waals surface area contributed by atoms with E-state index in [9.17, 15) is 14.7 Å². The van der Waals surface area contributed by atoms with Gasteiger partial charge < -0.3 is 14.7 Å². The highest BCUT2D eigenvalue weighted by molar-refractivity contribution is 6.51. The Bertz CT molecular complexity index is 1360. The predicted octanol–water partition coefficient (Wildman–Crippen LogP) is 6.79. The lowest BCUT2D eigenvalue weighted by Gasteiger charge is -2.27. The van der Waals surface area contributed by atoms with E-state index in [1.807, 2.05) is 55.5 Å². The number of carbonyl (C=O) groups is 2. The second kappa shape index (κ2) is 11.8. The Morgan fingerprint density at radius 2 is 1.56 bits per heavy atom. The minimum Gasteiger partial charge on any atom is -0.507 e. The topological polar surface area (TPSA) is 70.1 Å². The van der Waals surface area contributed by atoms with Gasteiger partial charge in [0, 0.05) is 30.0 Å². The molecule has 2 heterocycles. The number of benzene rings is 3. The van der Waals surface area contributed by atoms with Gasteiger partial charge in [0.1, 0.15) is 11.5 Å². The molecular weight excluding hydrogens is 488 g/mol. The molecule has 2 aliphatic rings. The minimum atomic E-state index is -0.742. The summed E-state index contributed by atoms with van der Waals surface area (Å²) in [6.45, 7) is 6.78. The molecule has 3 aromatic rings. The molecule has 2 fully saturated rings. The van der Waals surface area contributed by atoms with Crippen LogP contribution in [0, 0.1) is 6.92 Å². The molecule has 39 heavy (non-hydrogen) atoms. The third-order valence-corrected chi connectivity index (χ3v) is 7.67. The fourth-order valence-electron chi connectivity index (χ4n) is 5.49. The molecule has 0 aromatic heterocycles. The Balaban J connectivity index is 1.52. The maximum absolute atomic E-state index is 13.5. The maximum Gasteiger partial charge on any atom is 0.300 e. The van der Waals surface area contributed by atoms with Crippen LogP contribution in [0.5, 0.6) is 5.75 Å². The van der Waals surface area contributed by atoms with Crippen molar-refractivity contribution in [3.8, 4) is 5.75 Å². The van der Waals surface area contributed by atoms with Crippen molar-refractivity contribution < 1.29 is 19.4 Å². The number of aliphatic hydroxyl groups is 1. The zero-order valence-corrected chi connectivity index (χ0v) is 22.7. The van der Waals surface area contributed by atoms with Crippen LogP contribution in [-0.2, 0) is 9.59 Å². The second-order valence-corrected chi connectivity index (χ2v) is 10.3. The van der Waals surface area contributed by atoms with E-state index in [4.69, 9.17) is 4.74 Å². The van der Waals surface area contributed by atoms with Crippen LogP contribution in [0.3, 0.4) is 0 Å². The summed E-state index contributed by atoms with van der Waals surface area (Å²) >= 11 is 0. The van der Waals surface area contributed by atoms with Crippen LogP contribution in [-0.4, -0.2) is 36.5 Å². The summed E-state index contributed by atoms with van der Waals surface area (Å²) in [4.78, 5) is 30.9. The molecule has 3 aromatic carbocycles. The quantitative estimate of drug-likeness (QED) is 0.144. The highest BCUT2D eigenvalue weighted by Crippen LogP contribution is 2.43. The molecule has 0 spiro atoms. The van der Waals surface area contributed by atoms with E-state index in [1.54, 1.807) is 24.3 Å². The molecular formula is C33H36N2O4. The number of unbranched alkanes of at least 4 members (excludes halogenated alkanes) is 2. The van der Waals surface area contributed by atoms with Gasteiger partial charge in [-0.2, -0.15) is 0 Å². The molecule has 0 radical (unpaired) electrons. The van der Waals surface area contributed by atoms with E-state index in [1.165, 1.54) is 17.7 Å². The van der Waals surface area contributed by atoms with E-state index in [2.05, 4.69) is 11.8 Å². The minimum absolute atomic E-state index is 0.0922. The summed E-state index contributed by atoms with van der Waals surface area (Å²) in [7, 11) is 0. The normalized spacial score (nSPS) is 18.7. The fraction of sp³-hybridized carbons (Fsp3) is 0.333. The highest BCUT2D eigenvalue weighted by atomic mass is 16.5. The van der Waals surface area contributed by atoms with Crippen molar-refractivity contribution in [2.24, 2.45) is 0 Å². The first-order valence-corrected chi connectivity index (χ1v) is 13.9. The summed E-state index contributed by atoms with van der Waals surface area (Å²) in [6.07, 6.45) is 5.57. The van der Waals surface area contributed by atoms with E-state index < -0.39 is 17.7 Å². The standard InChI is InChI=1S/C33H36N2O4/c1-3-4-9-22-39-27-18-12-24(13-19-27)31(36)29-30(28-11-6-5-10-23(28)2)35(33(38)32(29)37)26-16-14-25(15-17-26)34-20-7-8-21-34/h5-6,10-19,30,36H,3-4,7-9,20-22H2,1-2H3/b31-29+. The van der Waals surface area contributed by atoms with Crippen LogP contribution < -0.4 is 14.5 Å². The van der Waals surface area contributed by atoms with Crippen molar-refractivity contribution >= 4 is 28.8 Å². The van der Waals surface area contributed by atoms with E-state index in [0.29, 0.717) is 23.6 Å². The molecule has 1 unspecified atom stereocenters. The maximum atomic E-state index is 13.5. The van der Waals surface area contributed by atoms with Gasteiger partial charge in [0.15, 0.2) is 0 Å². The summed E-state index contributed by atoms with van der Waals surface area (Å²) in [5.41, 5.74) is 4.04. The molecule has 0 saturated carbocycles. The molecule has 2 aliphatic heterocycles. The molecule has 1 N–H and O–H groups in total. The lowest BCUT2D eigenvalue weighted by molar-refractivity contribution is -0.132. The first kappa shape index (κ1) is 26.5. The van der Waals surface area contributed by atoms with Crippen molar-refractivity contribution in [3.05, 3.63) is 95.1 Å². The van der Waals surface area contributed by atoms with Crippen LogP contribution in [0.25, 0.3) is 5.76 Å². The summed E-state index contributed by atoms with van der Waals surface area (Å²) in [5.74, 6) is -0.814. The smallest absolute Gasteiger partial charge is 0.300 e. The number of aliphatic hydroxyl groups excluding tert-OH is 1. The number of carbonyl (C=O) groups excluding carboxylic acids is 2. The summed E-state index contributed by atoms with van der Waals surface area (Å²) in [5, 5.41) is 11.5. The van der Waals surface area contributed by atoms with Gasteiger partial charge in [-0.3, -0.25) is 14.5 Å². The summed E-state index contributed by atoms with van der Waals surface area (Å²) in [6, 6.07) is 21.8. The number of hydrogen-bond acceptors (Lipinski definition) is 5. The van der Waals surface area contributed by atoms with Gasteiger partial charge in [0.2, 0.25) is 0 Å². The van der Waals surface area contributed by atoms with Gasteiger partial charge >= 0.3 is 0 Å². The molecule has 1 amide bonds. The number of amides is 1. The number of hydrogen-bond donors (Lipinski definition) is 1. The van der Waals surface area contributed by atoms with Crippen molar-refractivity contribution in [1.82, 2.24) is 0 Å². The SMILES string of the molecule is CCCCCOc1ccc(/C(O)=C2\C(=O)C(=O)N(c3ccc(N4CCCC4)cc3)C2c2ccccc2C)cc1. The second-order valence-electron chi connectivity index (χ2n) is 10.3. The van der Waals surface area contributed by atoms with Gasteiger partial charge in [0.05, 0.1) is 18.2 Å². The molecule has 2 saturated heterocycles. The molecule has 1 atom stereocenters. The molecule has 0 aliphatic carbocycles. The van der Waals surface area contributed by atoms with Gasteiger partial charge in [-0.15, -0.1) is 0 Å². The van der Waals surface area contributed by atoms with E-state index in [-0.39, 0.29) is 11.3 Å².